The summed E-state index contributed by atoms with van der Waals surface area (Å²) < 4.78 is 10.2. The number of amides is 2. The number of halogens is 2. The Hall–Kier alpha value is -2.28. The maximum atomic E-state index is 13.1. The van der Waals surface area contributed by atoms with Gasteiger partial charge in [0.1, 0.15) is 6.04 Å². The van der Waals surface area contributed by atoms with Crippen LogP contribution in [-0.4, -0.2) is 38.4 Å². The largest absolute Gasteiger partial charge is 0.467 e. The van der Waals surface area contributed by atoms with Crippen molar-refractivity contribution in [1.29, 1.82) is 0 Å². The van der Waals surface area contributed by atoms with Crippen molar-refractivity contribution in [2.24, 2.45) is 5.92 Å². The second-order valence-electron chi connectivity index (χ2n) is 6.05. The summed E-state index contributed by atoms with van der Waals surface area (Å²) in [5.74, 6) is -0.673. The van der Waals surface area contributed by atoms with Crippen LogP contribution in [0.5, 0.6) is 0 Å². The van der Waals surface area contributed by atoms with Crippen LogP contribution in [0.4, 0.5) is 16.2 Å². The van der Waals surface area contributed by atoms with E-state index >= 15 is 0 Å². The van der Waals surface area contributed by atoms with Gasteiger partial charge in [0.05, 0.1) is 20.3 Å². The van der Waals surface area contributed by atoms with Crippen LogP contribution in [0.25, 0.3) is 0 Å². The number of benzene rings is 2. The highest BCUT2D eigenvalue weighted by Crippen LogP contribution is 2.28. The number of carbonyl (C=O) groups excluding carboxylic acids is 2. The van der Waals surface area contributed by atoms with Crippen LogP contribution in [0.2, 0.25) is 10.0 Å². The number of hydrogen-bond acceptors (Lipinski definition) is 4. The maximum Gasteiger partial charge on any atom is 0.329 e. The second kappa shape index (κ2) is 8.61. The highest BCUT2D eigenvalue weighted by Gasteiger charge is 2.42. The molecule has 0 spiro atoms. The van der Waals surface area contributed by atoms with Crippen molar-refractivity contribution < 1.29 is 19.1 Å². The molecule has 2 aromatic carbocycles. The smallest absolute Gasteiger partial charge is 0.329 e. The Bertz CT molecular complexity index is 807. The van der Waals surface area contributed by atoms with Crippen LogP contribution in [0.3, 0.4) is 0 Å². The highest BCUT2D eigenvalue weighted by molar-refractivity contribution is 6.31. The number of nitrogens with zero attached hydrogens (tertiary/aromatic N) is 1. The van der Waals surface area contributed by atoms with Crippen LogP contribution < -0.4 is 10.2 Å². The molecule has 1 fully saturated rings. The van der Waals surface area contributed by atoms with E-state index in [0.29, 0.717) is 34.6 Å². The van der Waals surface area contributed by atoms with E-state index in [1.54, 1.807) is 48.5 Å². The van der Waals surface area contributed by atoms with Crippen LogP contribution in [0.1, 0.15) is 0 Å². The van der Waals surface area contributed by atoms with E-state index in [9.17, 15) is 9.59 Å². The lowest BCUT2D eigenvalue weighted by molar-refractivity contribution is -0.148. The van der Waals surface area contributed by atoms with E-state index in [0.717, 1.165) is 0 Å². The summed E-state index contributed by atoms with van der Waals surface area (Å²) in [6, 6.07) is 12.1. The Morgan fingerprint density at radius 1 is 1.07 bits per heavy atom. The quantitative estimate of drug-likeness (QED) is 0.751. The van der Waals surface area contributed by atoms with Crippen molar-refractivity contribution in [1.82, 2.24) is 0 Å². The number of rotatable bonds is 5. The Kier molecular flexibility index (Phi) is 6.21. The number of methoxy groups -OCH3 is 1. The Balaban J connectivity index is 1.94. The molecule has 2 aromatic rings. The summed E-state index contributed by atoms with van der Waals surface area (Å²) in [6.45, 7) is 0.746. The average molecular weight is 409 g/mol. The van der Waals surface area contributed by atoms with Crippen molar-refractivity contribution >= 4 is 46.6 Å². The van der Waals surface area contributed by atoms with Gasteiger partial charge in [-0.25, -0.2) is 9.59 Å². The minimum Gasteiger partial charge on any atom is -0.467 e. The zero-order valence-corrected chi connectivity index (χ0v) is 16.0. The van der Waals surface area contributed by atoms with E-state index in [1.165, 1.54) is 12.0 Å². The van der Waals surface area contributed by atoms with Gasteiger partial charge in [0, 0.05) is 27.3 Å². The predicted octanol–water partition coefficient (Wildman–Crippen LogP) is 4.22. The summed E-state index contributed by atoms with van der Waals surface area (Å²) >= 11 is 11.9. The van der Waals surface area contributed by atoms with Crippen LogP contribution >= 0.6 is 23.2 Å². The molecule has 8 heteroatoms. The van der Waals surface area contributed by atoms with E-state index in [4.69, 9.17) is 32.7 Å². The zero-order valence-electron chi connectivity index (χ0n) is 14.5. The minimum absolute atomic E-state index is 0.163. The first-order valence-electron chi connectivity index (χ1n) is 8.26. The maximum absolute atomic E-state index is 13.1. The van der Waals surface area contributed by atoms with Gasteiger partial charge in [-0.15, -0.1) is 0 Å². The number of esters is 1. The lowest BCUT2D eigenvalue weighted by Crippen LogP contribution is -2.56. The SMILES string of the molecule is COC(=O)C(C1COC1)N(C(=O)Nc1ccc(Cl)cc1)c1ccc(Cl)cc1. The Morgan fingerprint density at radius 2 is 1.63 bits per heavy atom. The second-order valence-corrected chi connectivity index (χ2v) is 6.92. The van der Waals surface area contributed by atoms with Gasteiger partial charge in [0.15, 0.2) is 0 Å². The number of ether oxygens (including phenoxy) is 2. The van der Waals surface area contributed by atoms with Crippen molar-refractivity contribution in [3.63, 3.8) is 0 Å². The first-order chi connectivity index (χ1) is 13.0. The van der Waals surface area contributed by atoms with E-state index in [2.05, 4.69) is 5.32 Å². The fourth-order valence-corrected chi connectivity index (χ4v) is 3.04. The lowest BCUT2D eigenvalue weighted by Gasteiger charge is -2.38. The number of urea groups is 1. The summed E-state index contributed by atoms with van der Waals surface area (Å²) in [5, 5.41) is 3.87. The Morgan fingerprint density at radius 3 is 2.11 bits per heavy atom. The Labute approximate surface area is 167 Å². The first-order valence-corrected chi connectivity index (χ1v) is 9.02. The molecule has 2 amide bonds. The number of hydrogen-bond donors (Lipinski definition) is 1. The lowest BCUT2D eigenvalue weighted by atomic mass is 9.96. The van der Waals surface area contributed by atoms with Crippen LogP contribution in [0, 0.1) is 5.92 Å². The fourth-order valence-electron chi connectivity index (χ4n) is 2.79. The van der Waals surface area contributed by atoms with Gasteiger partial charge >= 0.3 is 12.0 Å². The van der Waals surface area contributed by atoms with Gasteiger partial charge in [-0.2, -0.15) is 0 Å². The molecule has 6 nitrogen and oxygen atoms in total. The third kappa shape index (κ3) is 4.53. The van der Waals surface area contributed by atoms with E-state index < -0.39 is 18.0 Å². The highest BCUT2D eigenvalue weighted by atomic mass is 35.5. The topological polar surface area (TPSA) is 67.9 Å². The molecule has 27 heavy (non-hydrogen) atoms. The minimum atomic E-state index is -0.822. The molecule has 3 rings (SSSR count). The predicted molar refractivity (Wildman–Crippen MR) is 105 cm³/mol. The standard InChI is InChI=1S/C19H18Cl2N2O4/c1-26-18(24)17(12-10-27-11-12)23(16-8-4-14(21)5-9-16)19(25)22-15-6-2-13(20)3-7-15/h2-9,12,17H,10-11H2,1H3,(H,22,25). The summed E-state index contributed by atoms with van der Waals surface area (Å²) in [4.78, 5) is 27.0. The van der Waals surface area contributed by atoms with Gasteiger partial charge in [-0.05, 0) is 48.5 Å². The molecule has 1 N–H and O–H groups in total. The van der Waals surface area contributed by atoms with Gasteiger partial charge in [0.2, 0.25) is 0 Å². The molecular formula is C19H18Cl2N2O4. The molecule has 0 bridgehead atoms. The first kappa shape index (κ1) is 19.5. The molecule has 1 saturated heterocycles. The number of nitrogens with one attached hydrogen (secondary N) is 1. The molecule has 142 valence electrons. The van der Waals surface area contributed by atoms with Crippen molar-refractivity contribution in [3.05, 3.63) is 58.6 Å². The average Bonchev–Trinajstić information content (AvgIpc) is 2.62. The third-order valence-electron chi connectivity index (χ3n) is 4.25. The summed E-state index contributed by atoms with van der Waals surface area (Å²) in [6.07, 6.45) is 0. The monoisotopic (exact) mass is 408 g/mol. The molecule has 1 heterocycles. The number of anilines is 2. The van der Waals surface area contributed by atoms with E-state index in [1.807, 2.05) is 0 Å². The van der Waals surface area contributed by atoms with Gasteiger partial charge < -0.3 is 14.8 Å². The number of carbonyl (C=O) groups is 2. The zero-order chi connectivity index (χ0) is 19.4. The molecule has 1 aliphatic rings. The third-order valence-corrected chi connectivity index (χ3v) is 4.75. The molecular weight excluding hydrogens is 391 g/mol. The summed E-state index contributed by atoms with van der Waals surface area (Å²) in [7, 11) is 1.30. The van der Waals surface area contributed by atoms with Gasteiger partial charge in [-0.3, -0.25) is 4.90 Å². The molecule has 0 aromatic heterocycles. The van der Waals surface area contributed by atoms with Crippen LogP contribution in [0.15, 0.2) is 48.5 Å². The molecule has 1 aliphatic heterocycles. The van der Waals surface area contributed by atoms with Gasteiger partial charge in [0.25, 0.3) is 0 Å². The normalized spacial score (nSPS) is 14.8. The molecule has 1 atom stereocenters. The molecule has 0 saturated carbocycles. The summed E-state index contributed by atoms with van der Waals surface area (Å²) in [5.41, 5.74) is 1.07. The van der Waals surface area contributed by atoms with Gasteiger partial charge in [-0.1, -0.05) is 23.2 Å². The molecule has 0 radical (unpaired) electrons. The van der Waals surface area contributed by atoms with Crippen LogP contribution in [-0.2, 0) is 14.3 Å². The van der Waals surface area contributed by atoms with E-state index in [-0.39, 0.29) is 5.92 Å². The molecule has 0 aliphatic carbocycles. The van der Waals surface area contributed by atoms with Crippen molar-refractivity contribution in [2.75, 3.05) is 30.5 Å². The molecule has 1 unspecified atom stereocenters. The van der Waals surface area contributed by atoms with Crippen molar-refractivity contribution in [2.45, 2.75) is 6.04 Å². The fraction of sp³-hybridized carbons (Fsp3) is 0.263. The van der Waals surface area contributed by atoms with Crippen molar-refractivity contribution in [3.8, 4) is 0 Å².